The lowest BCUT2D eigenvalue weighted by Gasteiger charge is -2.19. The second kappa shape index (κ2) is 5.29. The molecule has 0 aliphatic rings. The van der Waals surface area contributed by atoms with Crippen molar-refractivity contribution in [3.8, 4) is 0 Å². The number of rotatable bonds is 3. The maximum absolute atomic E-state index is 12.8. The molecule has 0 saturated carbocycles. The molecule has 5 heteroatoms. The maximum Gasteiger partial charge on any atom is 0.225 e. The fraction of sp³-hybridized carbons (Fsp3) is 0.429. The van der Waals surface area contributed by atoms with Crippen molar-refractivity contribution in [2.45, 2.75) is 39.2 Å². The van der Waals surface area contributed by atoms with Crippen LogP contribution in [-0.2, 0) is 18.4 Å². The van der Waals surface area contributed by atoms with Gasteiger partial charge in [0.25, 0.3) is 0 Å². The first-order valence-electron chi connectivity index (χ1n) is 6.21. The van der Waals surface area contributed by atoms with Gasteiger partial charge in [-0.05, 0) is 35.7 Å². The Morgan fingerprint density at radius 3 is 2.37 bits per heavy atom. The van der Waals surface area contributed by atoms with Crippen LogP contribution in [-0.4, -0.2) is 14.8 Å². The summed E-state index contributed by atoms with van der Waals surface area (Å²) in [5.74, 6) is 0.640. The smallest absolute Gasteiger partial charge is 0.225 e. The zero-order valence-corrected chi connectivity index (χ0v) is 12.1. The topological polar surface area (TPSA) is 30.7 Å². The van der Waals surface area contributed by atoms with Gasteiger partial charge in [0.15, 0.2) is 0 Å². The van der Waals surface area contributed by atoms with Crippen molar-refractivity contribution < 1.29 is 4.39 Å². The molecule has 0 N–H and O–H groups in total. The Balaban J connectivity index is 2.15. The predicted molar refractivity (Wildman–Crippen MR) is 73.8 cm³/mol. The molecular formula is C14H17ClFN3. The lowest BCUT2D eigenvalue weighted by Crippen LogP contribution is -2.20. The summed E-state index contributed by atoms with van der Waals surface area (Å²) in [6.07, 6.45) is 0.765. The molecule has 19 heavy (non-hydrogen) atoms. The summed E-state index contributed by atoms with van der Waals surface area (Å²) in [6, 6.07) is 6.50. The molecule has 0 unspecified atom stereocenters. The van der Waals surface area contributed by atoms with Crippen LogP contribution in [0.5, 0.6) is 0 Å². The molecule has 0 aliphatic heterocycles. The molecule has 1 aromatic carbocycles. The number of nitrogens with zero attached hydrogens (tertiary/aromatic N) is 3. The molecule has 2 aromatic rings. The van der Waals surface area contributed by atoms with Gasteiger partial charge in [0, 0.05) is 12.0 Å². The first-order chi connectivity index (χ1) is 8.88. The summed E-state index contributed by atoms with van der Waals surface area (Å²) in [7, 11) is 0. The van der Waals surface area contributed by atoms with E-state index in [2.05, 4.69) is 31.0 Å². The van der Waals surface area contributed by atoms with Gasteiger partial charge in [-0.25, -0.2) is 4.39 Å². The lowest BCUT2D eigenvalue weighted by molar-refractivity contribution is 0.497. The highest BCUT2D eigenvalue weighted by molar-refractivity contribution is 6.28. The molecule has 2 rings (SSSR count). The van der Waals surface area contributed by atoms with E-state index >= 15 is 0 Å². The van der Waals surface area contributed by atoms with Crippen LogP contribution in [0, 0.1) is 5.82 Å². The second-order valence-electron chi connectivity index (χ2n) is 5.57. The predicted octanol–water partition coefficient (Wildman–Crippen LogP) is 3.61. The van der Waals surface area contributed by atoms with E-state index in [9.17, 15) is 4.39 Å². The number of aryl methyl sites for hydroxylation is 1. The Hall–Kier alpha value is -1.42. The van der Waals surface area contributed by atoms with E-state index in [1.54, 1.807) is 12.1 Å². The summed E-state index contributed by atoms with van der Waals surface area (Å²) in [6.45, 7) is 6.90. The molecule has 1 heterocycles. The molecule has 0 atom stereocenters. The summed E-state index contributed by atoms with van der Waals surface area (Å²) < 4.78 is 14.7. The Labute approximate surface area is 117 Å². The number of hydrogen-bond donors (Lipinski definition) is 0. The van der Waals surface area contributed by atoms with E-state index in [1.807, 2.05) is 4.57 Å². The molecule has 0 aliphatic carbocycles. The normalized spacial score (nSPS) is 11.8. The van der Waals surface area contributed by atoms with Gasteiger partial charge in [0.05, 0.1) is 0 Å². The zero-order chi connectivity index (χ0) is 14.0. The standard InChI is InChI=1S/C14H17ClFN3/c1-14(2,3)12-17-18-13(15)19(12)9-8-10-4-6-11(16)7-5-10/h4-7H,8-9H2,1-3H3. The lowest BCUT2D eigenvalue weighted by atomic mass is 9.95. The van der Waals surface area contributed by atoms with E-state index in [0.717, 1.165) is 17.8 Å². The van der Waals surface area contributed by atoms with Crippen LogP contribution in [0.2, 0.25) is 5.28 Å². The largest absolute Gasteiger partial charge is 0.301 e. The minimum absolute atomic E-state index is 0.108. The number of benzene rings is 1. The molecule has 0 amide bonds. The van der Waals surface area contributed by atoms with Crippen molar-refractivity contribution in [2.75, 3.05) is 0 Å². The Bertz CT molecular complexity index is 555. The summed E-state index contributed by atoms with van der Waals surface area (Å²) in [4.78, 5) is 0. The van der Waals surface area contributed by atoms with Gasteiger partial charge in [-0.1, -0.05) is 32.9 Å². The maximum atomic E-state index is 12.8. The van der Waals surface area contributed by atoms with Crippen LogP contribution in [0.3, 0.4) is 0 Å². The number of halogens is 2. The molecule has 0 spiro atoms. The van der Waals surface area contributed by atoms with E-state index in [1.165, 1.54) is 12.1 Å². The third-order valence-corrected chi connectivity index (χ3v) is 3.19. The molecule has 1 aromatic heterocycles. The van der Waals surface area contributed by atoms with Gasteiger partial charge in [-0.3, -0.25) is 0 Å². The van der Waals surface area contributed by atoms with Gasteiger partial charge in [-0.15, -0.1) is 10.2 Å². The first kappa shape index (κ1) is 14.0. The Morgan fingerprint density at radius 2 is 1.79 bits per heavy atom. The average Bonchev–Trinajstić information content (AvgIpc) is 2.70. The molecule has 0 saturated heterocycles. The molecule has 0 fully saturated rings. The quantitative estimate of drug-likeness (QED) is 0.860. The van der Waals surface area contributed by atoms with Gasteiger partial charge >= 0.3 is 0 Å². The first-order valence-corrected chi connectivity index (χ1v) is 6.59. The highest BCUT2D eigenvalue weighted by atomic mass is 35.5. The second-order valence-corrected chi connectivity index (χ2v) is 5.91. The zero-order valence-electron chi connectivity index (χ0n) is 11.3. The SMILES string of the molecule is CC(C)(C)c1nnc(Cl)n1CCc1ccc(F)cc1. The van der Waals surface area contributed by atoms with Crippen molar-refractivity contribution >= 4 is 11.6 Å². The van der Waals surface area contributed by atoms with E-state index in [-0.39, 0.29) is 11.2 Å². The summed E-state index contributed by atoms with van der Waals surface area (Å²) >= 11 is 6.07. The van der Waals surface area contributed by atoms with Crippen LogP contribution in [0.25, 0.3) is 0 Å². The van der Waals surface area contributed by atoms with E-state index < -0.39 is 0 Å². The molecule has 102 valence electrons. The van der Waals surface area contributed by atoms with E-state index in [0.29, 0.717) is 11.8 Å². The third-order valence-electron chi connectivity index (χ3n) is 2.91. The molecule has 0 bridgehead atoms. The van der Waals surface area contributed by atoms with Gasteiger partial charge < -0.3 is 4.57 Å². The van der Waals surface area contributed by atoms with E-state index in [4.69, 9.17) is 11.6 Å². The van der Waals surface area contributed by atoms with Crippen LogP contribution in [0.1, 0.15) is 32.2 Å². The minimum Gasteiger partial charge on any atom is -0.301 e. The Morgan fingerprint density at radius 1 is 1.16 bits per heavy atom. The number of aromatic nitrogens is 3. The average molecular weight is 282 g/mol. The summed E-state index contributed by atoms with van der Waals surface area (Å²) in [5.41, 5.74) is 0.953. The highest BCUT2D eigenvalue weighted by Gasteiger charge is 2.22. The van der Waals surface area contributed by atoms with Crippen LogP contribution < -0.4 is 0 Å². The third kappa shape index (κ3) is 3.32. The summed E-state index contributed by atoms with van der Waals surface area (Å²) in [5, 5.41) is 8.46. The Kier molecular flexibility index (Phi) is 3.90. The van der Waals surface area contributed by atoms with Gasteiger partial charge in [-0.2, -0.15) is 0 Å². The number of hydrogen-bond acceptors (Lipinski definition) is 2. The monoisotopic (exact) mass is 281 g/mol. The highest BCUT2D eigenvalue weighted by Crippen LogP contribution is 2.23. The van der Waals surface area contributed by atoms with Crippen molar-refractivity contribution in [1.29, 1.82) is 0 Å². The molecule has 3 nitrogen and oxygen atoms in total. The van der Waals surface area contributed by atoms with Crippen molar-refractivity contribution in [1.82, 2.24) is 14.8 Å². The van der Waals surface area contributed by atoms with Crippen molar-refractivity contribution in [3.05, 3.63) is 46.8 Å². The van der Waals surface area contributed by atoms with Gasteiger partial charge in [0.1, 0.15) is 11.6 Å². The fourth-order valence-corrected chi connectivity index (χ4v) is 2.13. The fourth-order valence-electron chi connectivity index (χ4n) is 1.93. The van der Waals surface area contributed by atoms with Crippen LogP contribution in [0.4, 0.5) is 4.39 Å². The van der Waals surface area contributed by atoms with Crippen molar-refractivity contribution in [2.24, 2.45) is 0 Å². The van der Waals surface area contributed by atoms with Crippen molar-refractivity contribution in [3.63, 3.8) is 0 Å². The van der Waals surface area contributed by atoms with Gasteiger partial charge in [0.2, 0.25) is 5.28 Å². The van der Waals surface area contributed by atoms with Crippen LogP contribution >= 0.6 is 11.6 Å². The molecule has 0 radical (unpaired) electrons. The van der Waals surface area contributed by atoms with Crippen LogP contribution in [0.15, 0.2) is 24.3 Å². The molecular weight excluding hydrogens is 265 g/mol. The minimum atomic E-state index is -0.221.